The monoisotopic (exact) mass is 456 g/mol. The number of ether oxygens (including phenoxy) is 1. The highest BCUT2D eigenvalue weighted by Gasteiger charge is 2.32. The first-order valence-corrected chi connectivity index (χ1v) is 12.3. The van der Waals surface area contributed by atoms with Gasteiger partial charge in [0.15, 0.2) is 0 Å². The summed E-state index contributed by atoms with van der Waals surface area (Å²) < 4.78 is 38.6. The summed E-state index contributed by atoms with van der Waals surface area (Å²) in [4.78, 5) is 12.8. The van der Waals surface area contributed by atoms with Crippen LogP contribution >= 0.6 is 0 Å². The molecule has 1 amide bonds. The van der Waals surface area contributed by atoms with Crippen molar-refractivity contribution in [3.8, 4) is 5.75 Å². The molecule has 1 aromatic heterocycles. The number of sulfonamides is 1. The number of nitrogens with one attached hydrogen (secondary N) is 1. The van der Waals surface area contributed by atoms with E-state index >= 15 is 0 Å². The number of furan rings is 1. The minimum Gasteiger partial charge on any atom is -0.497 e. The zero-order chi connectivity index (χ0) is 22.7. The SMILES string of the molecule is CCC1CCCCN1S(=O)(=O)c1ccc(NC(=O)Cc2coc3ccc(OC)cc23)cc1. The first-order valence-electron chi connectivity index (χ1n) is 10.9. The van der Waals surface area contributed by atoms with E-state index in [1.165, 1.54) is 0 Å². The van der Waals surface area contributed by atoms with E-state index in [1.807, 2.05) is 13.0 Å². The van der Waals surface area contributed by atoms with E-state index < -0.39 is 10.0 Å². The standard InChI is InChI=1S/C24H28N2O5S/c1-3-19-6-4-5-13-26(19)32(28,29)21-10-7-18(8-11-21)25-24(27)14-17-16-31-23-12-9-20(30-2)15-22(17)23/h7-12,15-16,19H,3-6,13-14H2,1-2H3,(H,25,27). The second kappa shape index (κ2) is 9.34. The second-order valence-corrected chi connectivity index (χ2v) is 9.94. The maximum absolute atomic E-state index is 13.1. The van der Waals surface area contributed by atoms with Gasteiger partial charge in [-0.05, 0) is 61.7 Å². The summed E-state index contributed by atoms with van der Waals surface area (Å²) in [6, 6.07) is 11.9. The fourth-order valence-electron chi connectivity index (χ4n) is 4.25. The van der Waals surface area contributed by atoms with Crippen molar-refractivity contribution in [1.82, 2.24) is 4.31 Å². The molecule has 2 heterocycles. The number of carbonyl (C=O) groups is 1. The van der Waals surface area contributed by atoms with Gasteiger partial charge in [-0.3, -0.25) is 4.79 Å². The molecule has 1 N–H and O–H groups in total. The van der Waals surface area contributed by atoms with Gasteiger partial charge in [-0.2, -0.15) is 4.31 Å². The topological polar surface area (TPSA) is 88.9 Å². The van der Waals surface area contributed by atoms with Crippen LogP contribution in [0.3, 0.4) is 0 Å². The summed E-state index contributed by atoms with van der Waals surface area (Å²) in [5.74, 6) is 0.476. The first-order chi connectivity index (χ1) is 15.4. The molecule has 4 rings (SSSR count). The summed E-state index contributed by atoms with van der Waals surface area (Å²) >= 11 is 0. The fraction of sp³-hybridized carbons (Fsp3) is 0.375. The summed E-state index contributed by atoms with van der Waals surface area (Å²) in [6.45, 7) is 2.58. The van der Waals surface area contributed by atoms with Crippen LogP contribution in [0.4, 0.5) is 5.69 Å². The number of amides is 1. The summed E-state index contributed by atoms with van der Waals surface area (Å²) in [6.07, 6.45) is 5.36. The highest BCUT2D eigenvalue weighted by Crippen LogP contribution is 2.28. The third kappa shape index (κ3) is 4.52. The average molecular weight is 457 g/mol. The van der Waals surface area contributed by atoms with Crippen LogP contribution in [0.2, 0.25) is 0 Å². The zero-order valence-electron chi connectivity index (χ0n) is 18.3. The van der Waals surface area contributed by atoms with Crippen LogP contribution in [0.1, 0.15) is 38.2 Å². The van der Waals surface area contributed by atoms with Gasteiger partial charge in [0.2, 0.25) is 15.9 Å². The van der Waals surface area contributed by atoms with Crippen LogP contribution in [0.5, 0.6) is 5.75 Å². The number of methoxy groups -OCH3 is 1. The molecule has 0 radical (unpaired) electrons. The van der Waals surface area contributed by atoms with Crippen molar-refractivity contribution in [2.45, 2.75) is 50.0 Å². The van der Waals surface area contributed by atoms with Crippen molar-refractivity contribution in [1.29, 1.82) is 0 Å². The number of carbonyl (C=O) groups excluding carboxylic acids is 1. The molecule has 0 bridgehead atoms. The van der Waals surface area contributed by atoms with E-state index in [0.717, 1.165) is 36.6 Å². The van der Waals surface area contributed by atoms with Gasteiger partial charge < -0.3 is 14.5 Å². The number of piperidine rings is 1. The minimum atomic E-state index is -3.54. The van der Waals surface area contributed by atoms with Crippen LogP contribution in [-0.4, -0.2) is 38.3 Å². The number of anilines is 1. The number of hydrogen-bond acceptors (Lipinski definition) is 5. The number of hydrogen-bond donors (Lipinski definition) is 1. The second-order valence-electron chi connectivity index (χ2n) is 8.05. The Labute approximate surface area is 188 Å². The third-order valence-electron chi connectivity index (χ3n) is 6.00. The van der Waals surface area contributed by atoms with Gasteiger partial charge in [-0.25, -0.2) is 8.42 Å². The minimum absolute atomic E-state index is 0.0523. The lowest BCUT2D eigenvalue weighted by molar-refractivity contribution is -0.115. The molecule has 1 atom stereocenters. The van der Waals surface area contributed by atoms with Gasteiger partial charge in [0.1, 0.15) is 11.3 Å². The van der Waals surface area contributed by atoms with Crippen LogP contribution in [0.25, 0.3) is 11.0 Å². The maximum atomic E-state index is 13.1. The lowest BCUT2D eigenvalue weighted by atomic mass is 10.0. The van der Waals surface area contributed by atoms with Gasteiger partial charge >= 0.3 is 0 Å². The van der Waals surface area contributed by atoms with E-state index in [2.05, 4.69) is 5.32 Å². The Kier molecular flexibility index (Phi) is 6.53. The first kappa shape index (κ1) is 22.4. The van der Waals surface area contributed by atoms with Crippen molar-refractivity contribution in [3.63, 3.8) is 0 Å². The molecule has 1 saturated heterocycles. The van der Waals surface area contributed by atoms with E-state index in [1.54, 1.807) is 54.1 Å². The van der Waals surface area contributed by atoms with E-state index in [-0.39, 0.29) is 23.3 Å². The fourth-order valence-corrected chi connectivity index (χ4v) is 6.01. The molecule has 8 heteroatoms. The van der Waals surface area contributed by atoms with Gasteiger partial charge in [0.05, 0.1) is 24.7 Å². The highest BCUT2D eigenvalue weighted by atomic mass is 32.2. The molecule has 170 valence electrons. The van der Waals surface area contributed by atoms with Crippen molar-refractivity contribution in [2.75, 3.05) is 19.0 Å². The van der Waals surface area contributed by atoms with E-state index in [0.29, 0.717) is 23.6 Å². The number of rotatable bonds is 7. The molecule has 1 fully saturated rings. The Morgan fingerprint density at radius 3 is 2.69 bits per heavy atom. The molecule has 2 aromatic carbocycles. The summed E-state index contributed by atoms with van der Waals surface area (Å²) in [5, 5.41) is 3.66. The van der Waals surface area contributed by atoms with Gasteiger partial charge in [0.25, 0.3) is 0 Å². The molecular weight excluding hydrogens is 428 g/mol. The maximum Gasteiger partial charge on any atom is 0.243 e. The summed E-state index contributed by atoms with van der Waals surface area (Å²) in [5.41, 5.74) is 1.99. The average Bonchev–Trinajstić information content (AvgIpc) is 3.21. The van der Waals surface area contributed by atoms with Crippen molar-refractivity contribution in [2.24, 2.45) is 0 Å². The van der Waals surface area contributed by atoms with E-state index in [9.17, 15) is 13.2 Å². The predicted molar refractivity (Wildman–Crippen MR) is 123 cm³/mol. The Hall–Kier alpha value is -2.84. The largest absolute Gasteiger partial charge is 0.497 e. The van der Waals surface area contributed by atoms with Crippen molar-refractivity contribution < 1.29 is 22.4 Å². The predicted octanol–water partition coefficient (Wildman–Crippen LogP) is 4.58. The van der Waals surface area contributed by atoms with Crippen LogP contribution in [-0.2, 0) is 21.2 Å². The Balaban J connectivity index is 1.45. The number of nitrogens with zero attached hydrogens (tertiary/aromatic N) is 1. The van der Waals surface area contributed by atoms with Gasteiger partial charge in [0, 0.05) is 29.2 Å². The van der Waals surface area contributed by atoms with Gasteiger partial charge in [-0.15, -0.1) is 0 Å². The summed E-state index contributed by atoms with van der Waals surface area (Å²) in [7, 11) is -1.96. The van der Waals surface area contributed by atoms with Gasteiger partial charge in [-0.1, -0.05) is 13.3 Å². The normalized spacial score (nSPS) is 17.4. The third-order valence-corrected chi connectivity index (χ3v) is 7.97. The lowest BCUT2D eigenvalue weighted by Crippen LogP contribution is -2.43. The number of benzene rings is 2. The van der Waals surface area contributed by atoms with Crippen LogP contribution < -0.4 is 10.1 Å². The van der Waals surface area contributed by atoms with Crippen LogP contribution in [0, 0.1) is 0 Å². The molecule has 7 nitrogen and oxygen atoms in total. The molecule has 32 heavy (non-hydrogen) atoms. The Morgan fingerprint density at radius 2 is 1.97 bits per heavy atom. The van der Waals surface area contributed by atoms with Crippen molar-refractivity contribution in [3.05, 3.63) is 54.3 Å². The molecule has 1 aliphatic rings. The molecule has 0 saturated carbocycles. The molecule has 1 aliphatic heterocycles. The van der Waals surface area contributed by atoms with Crippen molar-refractivity contribution >= 4 is 32.6 Å². The Bertz CT molecular complexity index is 1200. The quantitative estimate of drug-likeness (QED) is 0.562. The zero-order valence-corrected chi connectivity index (χ0v) is 19.2. The van der Waals surface area contributed by atoms with Crippen LogP contribution in [0.15, 0.2) is 58.0 Å². The lowest BCUT2D eigenvalue weighted by Gasteiger charge is -2.34. The molecule has 0 spiro atoms. The molecule has 3 aromatic rings. The van der Waals surface area contributed by atoms with E-state index in [4.69, 9.17) is 9.15 Å². The smallest absolute Gasteiger partial charge is 0.243 e. The molecular formula is C24H28N2O5S. The Morgan fingerprint density at radius 1 is 1.19 bits per heavy atom. The number of fused-ring (bicyclic) bond motifs is 1. The molecule has 0 aliphatic carbocycles. The highest BCUT2D eigenvalue weighted by molar-refractivity contribution is 7.89. The molecule has 1 unspecified atom stereocenters.